The van der Waals surface area contributed by atoms with Gasteiger partial charge in [-0.15, -0.1) is 5.10 Å². The van der Waals surface area contributed by atoms with Gasteiger partial charge in [0.2, 0.25) is 0 Å². The van der Waals surface area contributed by atoms with E-state index in [1.54, 1.807) is 28.2 Å². The van der Waals surface area contributed by atoms with Gasteiger partial charge in [0, 0.05) is 25.5 Å². The molecular weight excluding hydrogens is 272 g/mol. The van der Waals surface area contributed by atoms with Crippen LogP contribution in [0.25, 0.3) is 5.69 Å². The number of hydrogen-bond donors (Lipinski definition) is 1. The number of nitrogens with zero attached hydrogens (tertiary/aromatic N) is 5. The van der Waals surface area contributed by atoms with Gasteiger partial charge in [-0.05, 0) is 12.1 Å². The Morgan fingerprint density at radius 1 is 1.29 bits per heavy atom. The zero-order valence-corrected chi connectivity index (χ0v) is 11.5. The number of pyridine rings is 1. The van der Waals surface area contributed by atoms with Crippen molar-refractivity contribution in [2.24, 2.45) is 0 Å². The molecule has 1 aliphatic rings. The topological polar surface area (TPSA) is 85.2 Å². The van der Waals surface area contributed by atoms with Crippen LogP contribution in [0.2, 0.25) is 0 Å². The zero-order valence-electron chi connectivity index (χ0n) is 11.5. The molecule has 0 saturated carbocycles. The molecule has 1 N–H and O–H groups in total. The molecule has 2 aromatic heterocycles. The molecule has 2 aromatic rings. The van der Waals surface area contributed by atoms with Gasteiger partial charge in [0.25, 0.3) is 0 Å². The number of carbonyl (C=O) groups is 1. The maximum absolute atomic E-state index is 11.9. The van der Waals surface area contributed by atoms with Crippen LogP contribution in [0.1, 0.15) is 5.69 Å². The standard InChI is InChI=1S/C13H16N6O2/c20-13(18-5-7-21-8-6-18)15-9-11-10-19(17-16-11)12-1-3-14-4-2-12/h1-4,10H,5-9H2,(H,15,20). The van der Waals surface area contributed by atoms with E-state index in [4.69, 9.17) is 4.74 Å². The van der Waals surface area contributed by atoms with Gasteiger partial charge in [0.05, 0.1) is 31.6 Å². The lowest BCUT2D eigenvalue weighted by atomic mass is 10.4. The van der Waals surface area contributed by atoms with Crippen molar-refractivity contribution in [3.05, 3.63) is 36.4 Å². The van der Waals surface area contributed by atoms with Gasteiger partial charge in [0.15, 0.2) is 0 Å². The summed E-state index contributed by atoms with van der Waals surface area (Å²) in [4.78, 5) is 17.6. The number of ether oxygens (including phenoxy) is 1. The lowest BCUT2D eigenvalue weighted by molar-refractivity contribution is 0.0531. The number of morpholine rings is 1. The molecule has 8 heteroatoms. The van der Waals surface area contributed by atoms with Crippen LogP contribution in [0.4, 0.5) is 4.79 Å². The van der Waals surface area contributed by atoms with Gasteiger partial charge in [-0.1, -0.05) is 5.21 Å². The minimum absolute atomic E-state index is 0.100. The maximum Gasteiger partial charge on any atom is 0.317 e. The number of urea groups is 1. The van der Waals surface area contributed by atoms with Crippen LogP contribution >= 0.6 is 0 Å². The third-order valence-electron chi connectivity index (χ3n) is 3.19. The fourth-order valence-corrected chi connectivity index (χ4v) is 2.05. The largest absolute Gasteiger partial charge is 0.378 e. The highest BCUT2D eigenvalue weighted by molar-refractivity contribution is 5.74. The first-order valence-corrected chi connectivity index (χ1v) is 6.75. The van der Waals surface area contributed by atoms with Crippen LogP contribution in [0.15, 0.2) is 30.7 Å². The second-order valence-corrected chi connectivity index (χ2v) is 4.62. The van der Waals surface area contributed by atoms with Crippen molar-refractivity contribution in [2.75, 3.05) is 26.3 Å². The van der Waals surface area contributed by atoms with E-state index in [-0.39, 0.29) is 6.03 Å². The predicted octanol–water partition coefficient (Wildman–Crippen LogP) is 0.204. The van der Waals surface area contributed by atoms with E-state index in [2.05, 4.69) is 20.6 Å². The smallest absolute Gasteiger partial charge is 0.317 e. The SMILES string of the molecule is O=C(NCc1cn(-c2ccncc2)nn1)N1CCOCC1. The molecule has 0 atom stereocenters. The first kappa shape index (κ1) is 13.5. The average Bonchev–Trinajstić information content (AvgIpc) is 3.03. The fourth-order valence-electron chi connectivity index (χ4n) is 2.05. The molecule has 3 heterocycles. The van der Waals surface area contributed by atoms with Gasteiger partial charge in [0.1, 0.15) is 5.69 Å². The van der Waals surface area contributed by atoms with Gasteiger partial charge in [-0.3, -0.25) is 4.98 Å². The van der Waals surface area contributed by atoms with Crippen LogP contribution in [0, 0.1) is 0 Å². The highest BCUT2D eigenvalue weighted by Gasteiger charge is 2.16. The monoisotopic (exact) mass is 288 g/mol. The second-order valence-electron chi connectivity index (χ2n) is 4.62. The molecule has 1 saturated heterocycles. The Morgan fingerprint density at radius 3 is 2.81 bits per heavy atom. The molecule has 0 aliphatic carbocycles. The lowest BCUT2D eigenvalue weighted by Crippen LogP contribution is -2.45. The van der Waals surface area contributed by atoms with Crippen LogP contribution in [0.3, 0.4) is 0 Å². The molecule has 0 spiro atoms. The normalized spacial score (nSPS) is 15.0. The summed E-state index contributed by atoms with van der Waals surface area (Å²) >= 11 is 0. The third-order valence-corrected chi connectivity index (χ3v) is 3.19. The van der Waals surface area contributed by atoms with E-state index < -0.39 is 0 Å². The highest BCUT2D eigenvalue weighted by atomic mass is 16.5. The second kappa shape index (κ2) is 6.31. The van der Waals surface area contributed by atoms with Gasteiger partial charge in [-0.25, -0.2) is 9.48 Å². The van der Waals surface area contributed by atoms with Crippen molar-refractivity contribution in [3.63, 3.8) is 0 Å². The Hall–Kier alpha value is -2.48. The number of aromatic nitrogens is 4. The molecule has 110 valence electrons. The number of nitrogens with one attached hydrogen (secondary N) is 1. The van der Waals surface area contributed by atoms with E-state index in [0.29, 0.717) is 38.5 Å². The van der Waals surface area contributed by atoms with E-state index >= 15 is 0 Å². The number of rotatable bonds is 3. The Kier molecular flexibility index (Phi) is 4.06. The highest BCUT2D eigenvalue weighted by Crippen LogP contribution is 2.04. The van der Waals surface area contributed by atoms with Crippen LogP contribution in [0.5, 0.6) is 0 Å². The van der Waals surface area contributed by atoms with E-state index in [0.717, 1.165) is 5.69 Å². The molecule has 1 aliphatic heterocycles. The average molecular weight is 288 g/mol. The van der Waals surface area contributed by atoms with Crippen molar-refractivity contribution < 1.29 is 9.53 Å². The fraction of sp³-hybridized carbons (Fsp3) is 0.385. The summed E-state index contributed by atoms with van der Waals surface area (Å²) in [7, 11) is 0. The predicted molar refractivity (Wildman–Crippen MR) is 73.8 cm³/mol. The molecule has 0 unspecified atom stereocenters. The molecule has 1 fully saturated rings. The van der Waals surface area contributed by atoms with Gasteiger partial charge >= 0.3 is 6.03 Å². The molecule has 3 rings (SSSR count). The van der Waals surface area contributed by atoms with Crippen molar-refractivity contribution in [1.82, 2.24) is 30.2 Å². The minimum atomic E-state index is -0.100. The van der Waals surface area contributed by atoms with Gasteiger partial charge < -0.3 is 15.0 Å². The summed E-state index contributed by atoms with van der Waals surface area (Å²) in [6.07, 6.45) is 5.17. The Bertz CT molecular complexity index is 594. The third kappa shape index (κ3) is 3.34. The molecule has 0 aromatic carbocycles. The number of amides is 2. The molecule has 21 heavy (non-hydrogen) atoms. The van der Waals surface area contributed by atoms with Crippen LogP contribution in [-0.2, 0) is 11.3 Å². The van der Waals surface area contributed by atoms with E-state index in [1.165, 1.54) is 0 Å². The summed E-state index contributed by atoms with van der Waals surface area (Å²) in [6, 6.07) is 3.58. The zero-order chi connectivity index (χ0) is 14.5. The lowest BCUT2D eigenvalue weighted by Gasteiger charge is -2.26. The molecule has 2 amide bonds. The minimum Gasteiger partial charge on any atom is -0.378 e. The Morgan fingerprint density at radius 2 is 2.05 bits per heavy atom. The summed E-state index contributed by atoms with van der Waals surface area (Å²) in [5, 5.41) is 10.9. The van der Waals surface area contributed by atoms with E-state index in [1.807, 2.05) is 12.1 Å². The van der Waals surface area contributed by atoms with E-state index in [9.17, 15) is 4.79 Å². The first-order chi connectivity index (χ1) is 10.3. The summed E-state index contributed by atoms with van der Waals surface area (Å²) in [5.41, 5.74) is 1.58. The number of carbonyl (C=O) groups excluding carboxylic acids is 1. The van der Waals surface area contributed by atoms with Gasteiger partial charge in [-0.2, -0.15) is 0 Å². The van der Waals surface area contributed by atoms with Crippen molar-refractivity contribution >= 4 is 6.03 Å². The molecular formula is C13H16N6O2. The van der Waals surface area contributed by atoms with Crippen LogP contribution < -0.4 is 5.32 Å². The van der Waals surface area contributed by atoms with Crippen molar-refractivity contribution in [1.29, 1.82) is 0 Å². The summed E-state index contributed by atoms with van der Waals surface area (Å²) in [6.45, 7) is 2.77. The summed E-state index contributed by atoms with van der Waals surface area (Å²) < 4.78 is 6.86. The molecule has 0 bridgehead atoms. The Balaban J connectivity index is 1.56. The molecule has 8 nitrogen and oxygen atoms in total. The summed E-state index contributed by atoms with van der Waals surface area (Å²) in [5.74, 6) is 0. The molecule has 0 radical (unpaired) electrons. The Labute approximate surface area is 121 Å². The van der Waals surface area contributed by atoms with Crippen molar-refractivity contribution in [2.45, 2.75) is 6.54 Å². The number of hydrogen-bond acceptors (Lipinski definition) is 5. The van der Waals surface area contributed by atoms with Crippen LogP contribution in [-0.4, -0.2) is 57.2 Å². The van der Waals surface area contributed by atoms with Crippen molar-refractivity contribution in [3.8, 4) is 5.69 Å². The first-order valence-electron chi connectivity index (χ1n) is 6.75. The quantitative estimate of drug-likeness (QED) is 0.872. The maximum atomic E-state index is 11.9.